The number of amides is 1. The first kappa shape index (κ1) is 19.1. The molecule has 0 saturated heterocycles. The highest BCUT2D eigenvalue weighted by atomic mass is 16.2. The number of imidazole rings is 1. The summed E-state index contributed by atoms with van der Waals surface area (Å²) in [6.07, 6.45) is 3.58. The molecule has 0 saturated carbocycles. The molecule has 7 nitrogen and oxygen atoms in total. The maximum Gasteiger partial charge on any atom is 0.328 e. The number of hydrogen-bond acceptors (Lipinski definition) is 4. The molecule has 1 aromatic heterocycles. The minimum atomic E-state index is -0.759. The molecule has 1 aliphatic heterocycles. The number of fused-ring (bicyclic) bond motifs is 2. The lowest BCUT2D eigenvalue weighted by atomic mass is 9.81. The van der Waals surface area contributed by atoms with Gasteiger partial charge in [0, 0.05) is 25.2 Å². The van der Waals surface area contributed by atoms with E-state index in [4.69, 9.17) is 5.11 Å². The van der Waals surface area contributed by atoms with E-state index in [0.29, 0.717) is 27.9 Å². The zero-order valence-corrected chi connectivity index (χ0v) is 17.3. The molecule has 1 atom stereocenters. The second-order valence-corrected chi connectivity index (χ2v) is 7.78. The number of aryl methyl sites for hydroxylation is 3. The maximum atomic E-state index is 13.7. The molecule has 3 aromatic rings. The van der Waals surface area contributed by atoms with Crippen molar-refractivity contribution in [2.45, 2.75) is 13.0 Å². The normalized spacial score (nSPS) is 16.6. The summed E-state index contributed by atoms with van der Waals surface area (Å²) in [4.78, 5) is 40.9. The molecule has 1 aliphatic carbocycles. The number of anilines is 1. The van der Waals surface area contributed by atoms with Gasteiger partial charge in [-0.2, -0.15) is 0 Å². The molecule has 1 unspecified atom stereocenters. The summed E-state index contributed by atoms with van der Waals surface area (Å²) >= 11 is 0. The Labute approximate surface area is 177 Å². The molecule has 7 heteroatoms. The van der Waals surface area contributed by atoms with Gasteiger partial charge in [0.2, 0.25) is 0 Å². The highest BCUT2D eigenvalue weighted by molar-refractivity contribution is 6.26. The zero-order valence-electron chi connectivity index (χ0n) is 17.3. The SMILES string of the molecule is Cc1cc2c(cc1N1C(=O)c3c(C#CCO)ccc4c3C(=O)C1C=C4)n(C)c(=O)n2C. The molecule has 1 N–H and O–H groups in total. The molecular weight excluding hydrogens is 394 g/mol. The summed E-state index contributed by atoms with van der Waals surface area (Å²) in [7, 11) is 3.38. The van der Waals surface area contributed by atoms with Crippen LogP contribution in [-0.2, 0) is 14.1 Å². The first-order valence-electron chi connectivity index (χ1n) is 9.84. The van der Waals surface area contributed by atoms with Gasteiger partial charge in [-0.1, -0.05) is 30.1 Å². The number of carbonyl (C=O) groups is 2. The molecule has 2 heterocycles. The lowest BCUT2D eigenvalue weighted by molar-refractivity contribution is 0.0885. The van der Waals surface area contributed by atoms with E-state index in [9.17, 15) is 14.4 Å². The Morgan fingerprint density at radius 3 is 2.45 bits per heavy atom. The smallest absolute Gasteiger partial charge is 0.328 e. The molecule has 2 aromatic carbocycles. The molecule has 0 radical (unpaired) electrons. The Kier molecular flexibility index (Phi) is 4.04. The van der Waals surface area contributed by atoms with Crippen LogP contribution in [0.1, 0.15) is 37.4 Å². The maximum absolute atomic E-state index is 13.7. The van der Waals surface area contributed by atoms with Crippen LogP contribution in [0.15, 0.2) is 35.1 Å². The van der Waals surface area contributed by atoms with Crippen molar-refractivity contribution < 1.29 is 14.7 Å². The number of rotatable bonds is 1. The Bertz CT molecular complexity index is 1480. The fraction of sp³-hybridized carbons (Fsp3) is 0.208. The summed E-state index contributed by atoms with van der Waals surface area (Å²) in [5.41, 5.74) is 4.34. The predicted molar refractivity (Wildman–Crippen MR) is 117 cm³/mol. The third kappa shape index (κ3) is 2.49. The largest absolute Gasteiger partial charge is 0.384 e. The predicted octanol–water partition coefficient (Wildman–Crippen LogP) is 1.77. The van der Waals surface area contributed by atoms with Crippen LogP contribution in [0, 0.1) is 18.8 Å². The Morgan fingerprint density at radius 2 is 1.74 bits per heavy atom. The number of ketones is 1. The van der Waals surface area contributed by atoms with E-state index in [0.717, 1.165) is 11.1 Å². The van der Waals surface area contributed by atoms with Crippen molar-refractivity contribution in [2.24, 2.45) is 14.1 Å². The Hall–Kier alpha value is -3.89. The number of Topliss-reactive ketones (excluding diaryl/α,β-unsaturated/α-hetero) is 1. The minimum absolute atomic E-state index is 0.165. The fourth-order valence-corrected chi connectivity index (χ4v) is 4.52. The van der Waals surface area contributed by atoms with Gasteiger partial charge in [0.05, 0.1) is 22.3 Å². The monoisotopic (exact) mass is 413 g/mol. The van der Waals surface area contributed by atoms with Gasteiger partial charge in [-0.25, -0.2) is 4.79 Å². The number of aromatic nitrogens is 2. The van der Waals surface area contributed by atoms with Gasteiger partial charge < -0.3 is 5.11 Å². The van der Waals surface area contributed by atoms with Gasteiger partial charge in [-0.05, 0) is 36.2 Å². The van der Waals surface area contributed by atoms with Crippen LogP contribution in [0.25, 0.3) is 17.1 Å². The zero-order chi connectivity index (χ0) is 22.0. The molecule has 2 bridgehead atoms. The van der Waals surface area contributed by atoms with Crippen LogP contribution < -0.4 is 10.6 Å². The summed E-state index contributed by atoms with van der Waals surface area (Å²) in [6, 6.07) is 6.35. The third-order valence-electron chi connectivity index (χ3n) is 6.07. The molecule has 31 heavy (non-hydrogen) atoms. The number of aliphatic hydroxyl groups is 1. The van der Waals surface area contributed by atoms with Crippen LogP contribution in [0.4, 0.5) is 5.69 Å². The molecule has 0 fully saturated rings. The van der Waals surface area contributed by atoms with Crippen molar-refractivity contribution in [1.29, 1.82) is 0 Å². The molecule has 154 valence electrons. The van der Waals surface area contributed by atoms with Gasteiger partial charge in [0.1, 0.15) is 12.6 Å². The molecule has 1 amide bonds. The number of nitrogens with zero attached hydrogens (tertiary/aromatic N) is 3. The number of aliphatic hydroxyl groups excluding tert-OH is 1. The van der Waals surface area contributed by atoms with Crippen LogP contribution in [0.2, 0.25) is 0 Å². The standard InChI is InChI=1S/C24H19N3O4/c1-13-11-18-19(26(3)24(31)25(18)2)12-17(13)27-16-9-8-15-7-6-14(5-4-10-28)21(23(27)30)20(15)22(16)29/h6-9,11-12,16,28H,10H2,1-3H3. The molecule has 5 rings (SSSR count). The Balaban J connectivity index is 1.79. The van der Waals surface area contributed by atoms with Gasteiger partial charge in [-0.15, -0.1) is 0 Å². The third-order valence-corrected chi connectivity index (χ3v) is 6.07. The van der Waals surface area contributed by atoms with Gasteiger partial charge in [0.25, 0.3) is 5.91 Å². The van der Waals surface area contributed by atoms with Crippen molar-refractivity contribution in [3.05, 3.63) is 68.6 Å². The second kappa shape index (κ2) is 6.56. The van der Waals surface area contributed by atoms with Crippen LogP contribution in [0.3, 0.4) is 0 Å². The fourth-order valence-electron chi connectivity index (χ4n) is 4.52. The second-order valence-electron chi connectivity index (χ2n) is 7.78. The lowest BCUT2D eigenvalue weighted by Gasteiger charge is -2.37. The van der Waals surface area contributed by atoms with Crippen molar-refractivity contribution in [1.82, 2.24) is 9.13 Å². The molecule has 0 spiro atoms. The highest BCUT2D eigenvalue weighted by Gasteiger charge is 2.43. The van der Waals surface area contributed by atoms with E-state index in [1.807, 2.05) is 19.1 Å². The summed E-state index contributed by atoms with van der Waals surface area (Å²) in [6.45, 7) is 1.51. The van der Waals surface area contributed by atoms with Crippen molar-refractivity contribution >= 4 is 34.5 Å². The summed E-state index contributed by atoms with van der Waals surface area (Å²) in [5.74, 6) is 4.88. The van der Waals surface area contributed by atoms with Crippen molar-refractivity contribution in [3.8, 4) is 11.8 Å². The number of hydrogen-bond donors (Lipinski definition) is 1. The van der Waals surface area contributed by atoms with Crippen LogP contribution >= 0.6 is 0 Å². The minimum Gasteiger partial charge on any atom is -0.384 e. The number of carbonyl (C=O) groups excluding carboxylic acids is 2. The van der Waals surface area contributed by atoms with Crippen molar-refractivity contribution in [3.63, 3.8) is 0 Å². The van der Waals surface area contributed by atoms with E-state index in [1.165, 1.54) is 9.47 Å². The number of benzene rings is 2. The van der Waals surface area contributed by atoms with E-state index in [-0.39, 0.29) is 29.6 Å². The van der Waals surface area contributed by atoms with E-state index >= 15 is 0 Å². The summed E-state index contributed by atoms with van der Waals surface area (Å²) < 4.78 is 3.08. The average Bonchev–Trinajstić information content (AvgIpc) is 2.96. The van der Waals surface area contributed by atoms with Crippen molar-refractivity contribution in [2.75, 3.05) is 11.5 Å². The topological polar surface area (TPSA) is 84.5 Å². The van der Waals surface area contributed by atoms with Crippen LogP contribution in [0.5, 0.6) is 0 Å². The molecule has 2 aliphatic rings. The summed E-state index contributed by atoms with van der Waals surface area (Å²) in [5, 5.41) is 9.10. The first-order valence-corrected chi connectivity index (χ1v) is 9.84. The van der Waals surface area contributed by atoms with E-state index < -0.39 is 6.04 Å². The molecular formula is C24H19N3O4. The van der Waals surface area contributed by atoms with Gasteiger partial charge >= 0.3 is 5.69 Å². The van der Waals surface area contributed by atoms with E-state index in [1.54, 1.807) is 42.9 Å². The van der Waals surface area contributed by atoms with Crippen LogP contribution in [-0.4, -0.2) is 38.6 Å². The van der Waals surface area contributed by atoms with Gasteiger partial charge in [0.15, 0.2) is 5.78 Å². The quantitative estimate of drug-likeness (QED) is 0.617. The Morgan fingerprint density at radius 1 is 1.03 bits per heavy atom. The lowest BCUT2D eigenvalue weighted by Crippen LogP contribution is -2.51. The van der Waals surface area contributed by atoms with E-state index in [2.05, 4.69) is 11.8 Å². The van der Waals surface area contributed by atoms with Gasteiger partial charge in [-0.3, -0.25) is 23.6 Å². The average molecular weight is 413 g/mol. The first-order chi connectivity index (χ1) is 14.8. The highest BCUT2D eigenvalue weighted by Crippen LogP contribution is 2.38.